The number of hydrogen-bond donors (Lipinski definition) is 0. The molecule has 0 radical (unpaired) electrons. The van der Waals surface area contributed by atoms with Gasteiger partial charge in [0.2, 0.25) is 0 Å². The first kappa shape index (κ1) is 14.0. The summed E-state index contributed by atoms with van der Waals surface area (Å²) in [4.78, 5) is 4.71. The molecule has 2 aliphatic rings. The van der Waals surface area contributed by atoms with Crippen LogP contribution in [0.3, 0.4) is 0 Å². The molecule has 3 atom stereocenters. The average Bonchev–Trinajstić information content (AvgIpc) is 2.77. The second-order valence-electron chi connectivity index (χ2n) is 5.43. The van der Waals surface area contributed by atoms with Gasteiger partial charge in [-0.2, -0.15) is 0 Å². The van der Waals surface area contributed by atoms with Gasteiger partial charge in [0.1, 0.15) is 0 Å². The summed E-state index contributed by atoms with van der Waals surface area (Å²) in [5.74, 6) is 1.13. The van der Waals surface area contributed by atoms with Gasteiger partial charge in [-0.05, 0) is 0 Å². The molecule has 2 heterocycles. The molecule has 2 rings (SSSR count). The number of piperidine rings is 1. The summed E-state index contributed by atoms with van der Waals surface area (Å²) in [6, 6.07) is 0. The molecule has 2 fully saturated rings. The van der Waals surface area contributed by atoms with Crippen LogP contribution in [0.25, 0.3) is 0 Å². The van der Waals surface area contributed by atoms with E-state index in [1.807, 2.05) is 0 Å². The van der Waals surface area contributed by atoms with E-state index in [-0.39, 0.29) is 21.5 Å². The Bertz CT molecular complexity index is 239. The van der Waals surface area contributed by atoms with Crippen molar-refractivity contribution in [1.82, 2.24) is 8.01 Å². The van der Waals surface area contributed by atoms with Crippen LogP contribution in [0.2, 0.25) is 0 Å². The monoisotopic (exact) mass is 355 g/mol. The number of halogens is 2. The number of alkyl halides is 2. The van der Waals surface area contributed by atoms with E-state index in [9.17, 15) is 4.39 Å². The van der Waals surface area contributed by atoms with E-state index < -0.39 is 6.17 Å². The summed E-state index contributed by atoms with van der Waals surface area (Å²) in [6.07, 6.45) is 2.82. The SMILES string of the molecule is CC[C@H]1CCN(C[C@H]2CCN([I-]C)C2)C[C@@H]1F. The Morgan fingerprint density at radius 2 is 2.06 bits per heavy atom. The fourth-order valence-corrected chi connectivity index (χ4v) is 4.81. The van der Waals surface area contributed by atoms with Crippen LogP contribution < -0.4 is 21.5 Å². The molecule has 0 unspecified atom stereocenters. The summed E-state index contributed by atoms with van der Waals surface area (Å²) in [5.41, 5.74) is 0. The van der Waals surface area contributed by atoms with Crippen molar-refractivity contribution in [1.29, 1.82) is 0 Å². The van der Waals surface area contributed by atoms with Crippen molar-refractivity contribution in [3.8, 4) is 0 Å². The molecule has 102 valence electrons. The summed E-state index contributed by atoms with van der Waals surface area (Å²) < 4.78 is 16.5. The molecule has 0 aromatic rings. The van der Waals surface area contributed by atoms with Gasteiger partial charge in [0.05, 0.1) is 0 Å². The number of nitrogens with zero attached hydrogens (tertiary/aromatic N) is 2. The summed E-state index contributed by atoms with van der Waals surface area (Å²) in [7, 11) is 0. The van der Waals surface area contributed by atoms with Gasteiger partial charge in [0.15, 0.2) is 0 Å². The Labute approximate surface area is 116 Å². The van der Waals surface area contributed by atoms with Crippen molar-refractivity contribution in [3.63, 3.8) is 0 Å². The quantitative estimate of drug-likeness (QED) is 0.363. The minimum absolute atomic E-state index is 0.274. The Morgan fingerprint density at radius 1 is 1.24 bits per heavy atom. The third-order valence-electron chi connectivity index (χ3n) is 4.28. The Morgan fingerprint density at radius 3 is 2.65 bits per heavy atom. The molecule has 17 heavy (non-hydrogen) atoms. The Balaban J connectivity index is 1.74. The van der Waals surface area contributed by atoms with E-state index in [2.05, 4.69) is 19.9 Å². The normalized spacial score (nSPS) is 36.8. The van der Waals surface area contributed by atoms with Crippen LogP contribution in [0.1, 0.15) is 26.2 Å². The summed E-state index contributed by atoms with van der Waals surface area (Å²) in [5, 5.41) is 0. The Kier molecular flexibility index (Phi) is 5.49. The van der Waals surface area contributed by atoms with Crippen molar-refractivity contribution >= 4 is 0 Å². The molecule has 0 aromatic heterocycles. The fraction of sp³-hybridized carbons (Fsp3) is 1.00. The first-order valence-electron chi connectivity index (χ1n) is 6.84. The number of rotatable bonds is 4. The van der Waals surface area contributed by atoms with E-state index in [4.69, 9.17) is 0 Å². The number of hydrogen-bond acceptors (Lipinski definition) is 2. The topological polar surface area (TPSA) is 6.48 Å². The van der Waals surface area contributed by atoms with Gasteiger partial charge in [-0.15, -0.1) is 0 Å². The van der Waals surface area contributed by atoms with E-state index in [1.54, 1.807) is 0 Å². The second-order valence-corrected chi connectivity index (χ2v) is 7.75. The van der Waals surface area contributed by atoms with Crippen LogP contribution in [0.15, 0.2) is 0 Å². The molecule has 2 aliphatic heterocycles. The predicted molar refractivity (Wildman–Crippen MR) is 65.3 cm³/mol. The van der Waals surface area contributed by atoms with E-state index in [1.165, 1.54) is 19.5 Å². The van der Waals surface area contributed by atoms with Crippen LogP contribution in [0, 0.1) is 11.8 Å². The third kappa shape index (κ3) is 3.77. The summed E-state index contributed by atoms with van der Waals surface area (Å²) in [6.45, 7) is 7.63. The first-order valence-corrected chi connectivity index (χ1v) is 9.96. The average molecular weight is 355 g/mol. The Hall–Kier alpha value is 0.580. The molecule has 4 heteroatoms. The second kappa shape index (κ2) is 6.66. The zero-order valence-corrected chi connectivity index (χ0v) is 13.2. The van der Waals surface area contributed by atoms with E-state index in [0.717, 1.165) is 31.8 Å². The van der Waals surface area contributed by atoms with Crippen LogP contribution in [-0.4, -0.2) is 51.8 Å². The standard InChI is InChI=1S/C13H25FIN2/c1-3-12-5-6-16(10-13(12)14)8-11-4-7-17(9-11)15-2/h11-13H,3-10H2,1-2H3/q-1/t11-,12+,13+/m1/s1. The molecular formula is C13H25FIN2-. The van der Waals surface area contributed by atoms with Crippen molar-refractivity contribution in [2.75, 3.05) is 37.7 Å². The van der Waals surface area contributed by atoms with Crippen LogP contribution in [0.4, 0.5) is 4.39 Å². The van der Waals surface area contributed by atoms with Gasteiger partial charge in [-0.25, -0.2) is 0 Å². The maximum atomic E-state index is 13.9. The van der Waals surface area contributed by atoms with Gasteiger partial charge in [-0.1, -0.05) is 0 Å². The summed E-state index contributed by atoms with van der Waals surface area (Å²) >= 11 is 0.274. The molecule has 0 bridgehead atoms. The predicted octanol–water partition coefficient (Wildman–Crippen LogP) is -0.988. The fourth-order valence-electron chi connectivity index (χ4n) is 3.10. The van der Waals surface area contributed by atoms with E-state index >= 15 is 0 Å². The molecule has 0 spiro atoms. The molecule has 2 nitrogen and oxygen atoms in total. The van der Waals surface area contributed by atoms with Crippen molar-refractivity contribution in [2.45, 2.75) is 32.4 Å². The first-order chi connectivity index (χ1) is 8.22. The number of likely N-dealkylation sites (tertiary alicyclic amines) is 1. The molecule has 0 aliphatic carbocycles. The van der Waals surface area contributed by atoms with Gasteiger partial charge < -0.3 is 0 Å². The maximum absolute atomic E-state index is 13.9. The van der Waals surface area contributed by atoms with Crippen LogP contribution in [-0.2, 0) is 0 Å². The van der Waals surface area contributed by atoms with Crippen molar-refractivity contribution in [3.05, 3.63) is 0 Å². The molecule has 0 saturated carbocycles. The van der Waals surface area contributed by atoms with Gasteiger partial charge >= 0.3 is 116 Å². The van der Waals surface area contributed by atoms with Crippen LogP contribution in [0.5, 0.6) is 0 Å². The van der Waals surface area contributed by atoms with Gasteiger partial charge in [0, 0.05) is 0 Å². The molecule has 0 aromatic carbocycles. The molecular weight excluding hydrogens is 330 g/mol. The van der Waals surface area contributed by atoms with Gasteiger partial charge in [0.25, 0.3) is 0 Å². The molecule has 0 N–H and O–H groups in total. The molecule has 2 saturated heterocycles. The third-order valence-corrected chi connectivity index (χ3v) is 6.52. The zero-order chi connectivity index (χ0) is 12.3. The van der Waals surface area contributed by atoms with Gasteiger partial charge in [-0.3, -0.25) is 0 Å². The van der Waals surface area contributed by atoms with Crippen molar-refractivity contribution < 1.29 is 25.9 Å². The van der Waals surface area contributed by atoms with Crippen LogP contribution >= 0.6 is 0 Å². The zero-order valence-electron chi connectivity index (χ0n) is 11.0. The van der Waals surface area contributed by atoms with Crippen molar-refractivity contribution in [2.24, 2.45) is 11.8 Å². The minimum atomic E-state index is -0.579. The molecule has 0 amide bonds. The van der Waals surface area contributed by atoms with E-state index in [0.29, 0.717) is 12.5 Å².